The first-order valence-electron chi connectivity index (χ1n) is 5.95. The van der Waals surface area contributed by atoms with Crippen molar-refractivity contribution in [3.05, 3.63) is 33.8 Å². The molecular formula is C13H14Cl3NO. The number of rotatable bonds is 4. The summed E-state index contributed by atoms with van der Waals surface area (Å²) in [4.78, 5) is 14.3. The Morgan fingerprint density at radius 3 is 2.56 bits per heavy atom. The third-order valence-electron chi connectivity index (χ3n) is 3.26. The zero-order valence-electron chi connectivity index (χ0n) is 9.83. The van der Waals surface area contributed by atoms with E-state index in [2.05, 4.69) is 0 Å². The molecular weight excluding hydrogens is 293 g/mol. The van der Waals surface area contributed by atoms with Crippen molar-refractivity contribution in [1.82, 2.24) is 4.90 Å². The van der Waals surface area contributed by atoms with E-state index in [-0.39, 0.29) is 5.91 Å². The van der Waals surface area contributed by atoms with Crippen LogP contribution in [0, 0.1) is 0 Å². The van der Waals surface area contributed by atoms with Crippen LogP contribution in [0.5, 0.6) is 0 Å². The normalized spacial score (nSPS) is 15.3. The van der Waals surface area contributed by atoms with Crippen molar-refractivity contribution in [2.24, 2.45) is 0 Å². The minimum atomic E-state index is -0.0537. The van der Waals surface area contributed by atoms with Gasteiger partial charge in [-0.3, -0.25) is 4.79 Å². The summed E-state index contributed by atoms with van der Waals surface area (Å²) in [6, 6.07) is 5.26. The second kappa shape index (κ2) is 6.14. The minimum absolute atomic E-state index is 0.0537. The van der Waals surface area contributed by atoms with E-state index in [1.807, 2.05) is 4.90 Å². The van der Waals surface area contributed by atoms with Crippen molar-refractivity contribution in [2.45, 2.75) is 25.3 Å². The number of benzene rings is 1. The molecule has 1 aliphatic carbocycles. The zero-order chi connectivity index (χ0) is 13.1. The van der Waals surface area contributed by atoms with Crippen LogP contribution in [0.4, 0.5) is 0 Å². The highest BCUT2D eigenvalue weighted by atomic mass is 35.5. The lowest BCUT2D eigenvalue weighted by atomic mass is 9.91. The van der Waals surface area contributed by atoms with Crippen molar-refractivity contribution in [2.75, 3.05) is 12.4 Å². The number of carbonyl (C=O) groups is 1. The molecule has 18 heavy (non-hydrogen) atoms. The molecule has 2 nitrogen and oxygen atoms in total. The summed E-state index contributed by atoms with van der Waals surface area (Å²) in [5.41, 5.74) is 0.498. The fraction of sp³-hybridized carbons (Fsp3) is 0.462. The molecule has 0 spiro atoms. The molecule has 0 unspecified atom stereocenters. The third kappa shape index (κ3) is 2.93. The highest BCUT2D eigenvalue weighted by molar-refractivity contribution is 6.36. The van der Waals surface area contributed by atoms with Crippen LogP contribution < -0.4 is 0 Å². The molecule has 98 valence electrons. The predicted octanol–water partition coefficient (Wildman–Crippen LogP) is 4.23. The summed E-state index contributed by atoms with van der Waals surface area (Å²) in [5, 5.41) is 0.926. The van der Waals surface area contributed by atoms with Gasteiger partial charge in [0.25, 0.3) is 5.91 Å². The van der Waals surface area contributed by atoms with Gasteiger partial charge in [0.15, 0.2) is 0 Å². The minimum Gasteiger partial charge on any atom is -0.334 e. The Bertz CT molecular complexity index is 446. The molecule has 1 saturated carbocycles. The van der Waals surface area contributed by atoms with Gasteiger partial charge in [-0.1, -0.05) is 23.2 Å². The maximum absolute atomic E-state index is 12.4. The first kappa shape index (κ1) is 14.0. The van der Waals surface area contributed by atoms with Crippen LogP contribution in [0.2, 0.25) is 10.0 Å². The molecule has 0 radical (unpaired) electrons. The predicted molar refractivity (Wildman–Crippen MR) is 75.9 cm³/mol. The zero-order valence-corrected chi connectivity index (χ0v) is 12.1. The number of carbonyl (C=O) groups excluding carboxylic acids is 1. The van der Waals surface area contributed by atoms with E-state index < -0.39 is 0 Å². The number of alkyl halides is 1. The molecule has 0 saturated heterocycles. The van der Waals surface area contributed by atoms with E-state index in [1.165, 1.54) is 6.42 Å². The molecule has 1 aromatic carbocycles. The summed E-state index contributed by atoms with van der Waals surface area (Å²) in [6.07, 6.45) is 3.27. The molecule has 0 N–H and O–H groups in total. The first-order valence-corrected chi connectivity index (χ1v) is 7.24. The monoisotopic (exact) mass is 305 g/mol. The van der Waals surface area contributed by atoms with Gasteiger partial charge in [0.05, 0.1) is 10.6 Å². The number of amides is 1. The number of hydrogen-bond donors (Lipinski definition) is 0. The number of nitrogens with zero attached hydrogens (tertiary/aromatic N) is 1. The van der Waals surface area contributed by atoms with Crippen LogP contribution in [0.3, 0.4) is 0 Å². The van der Waals surface area contributed by atoms with Crippen molar-refractivity contribution < 1.29 is 4.79 Å². The Morgan fingerprint density at radius 2 is 2.06 bits per heavy atom. The quantitative estimate of drug-likeness (QED) is 0.762. The molecule has 1 amide bonds. The molecule has 0 bridgehead atoms. The van der Waals surface area contributed by atoms with Crippen molar-refractivity contribution in [3.8, 4) is 0 Å². The van der Waals surface area contributed by atoms with Crippen LogP contribution in [0.1, 0.15) is 29.6 Å². The summed E-state index contributed by atoms with van der Waals surface area (Å²) in [7, 11) is 0. The van der Waals surface area contributed by atoms with Gasteiger partial charge in [-0.25, -0.2) is 0 Å². The maximum atomic E-state index is 12.4. The third-order valence-corrected chi connectivity index (χ3v) is 3.98. The molecule has 1 fully saturated rings. The standard InChI is InChI=1S/C13H14Cl3NO/c14-6-7-17(10-2-1-3-10)13(18)11-5-4-9(15)8-12(11)16/h4-5,8,10H,1-3,6-7H2. The molecule has 5 heteroatoms. The topological polar surface area (TPSA) is 20.3 Å². The van der Waals surface area contributed by atoms with E-state index >= 15 is 0 Å². The average Bonchev–Trinajstić information content (AvgIpc) is 2.25. The Labute approximate surface area is 122 Å². The number of hydrogen-bond acceptors (Lipinski definition) is 1. The van der Waals surface area contributed by atoms with Crippen molar-refractivity contribution >= 4 is 40.7 Å². The van der Waals surface area contributed by atoms with Crippen LogP contribution in [0.15, 0.2) is 18.2 Å². The SMILES string of the molecule is O=C(c1ccc(Cl)cc1Cl)N(CCCl)C1CCC1. The van der Waals surface area contributed by atoms with E-state index in [0.29, 0.717) is 34.1 Å². The Morgan fingerprint density at radius 1 is 1.33 bits per heavy atom. The highest BCUT2D eigenvalue weighted by Gasteiger charge is 2.29. The van der Waals surface area contributed by atoms with Crippen LogP contribution >= 0.6 is 34.8 Å². The van der Waals surface area contributed by atoms with Gasteiger partial charge in [0, 0.05) is 23.5 Å². The molecule has 0 aromatic heterocycles. The summed E-state index contributed by atoms with van der Waals surface area (Å²) in [5.74, 6) is 0.384. The number of halogens is 3. The lowest BCUT2D eigenvalue weighted by Gasteiger charge is -2.37. The van der Waals surface area contributed by atoms with Gasteiger partial charge in [0.2, 0.25) is 0 Å². The Balaban J connectivity index is 2.21. The fourth-order valence-electron chi connectivity index (χ4n) is 2.06. The molecule has 0 atom stereocenters. The van der Waals surface area contributed by atoms with Crippen LogP contribution in [-0.2, 0) is 0 Å². The molecule has 2 rings (SSSR count). The summed E-state index contributed by atoms with van der Waals surface area (Å²) < 4.78 is 0. The fourth-order valence-corrected chi connectivity index (χ4v) is 2.73. The van der Waals surface area contributed by atoms with Gasteiger partial charge < -0.3 is 4.90 Å². The molecule has 0 heterocycles. The second-order valence-corrected chi connectivity index (χ2v) is 5.62. The highest BCUT2D eigenvalue weighted by Crippen LogP contribution is 2.28. The second-order valence-electron chi connectivity index (χ2n) is 4.40. The van der Waals surface area contributed by atoms with Gasteiger partial charge >= 0.3 is 0 Å². The molecule has 1 aliphatic rings. The Hall–Kier alpha value is -0.440. The largest absolute Gasteiger partial charge is 0.334 e. The van der Waals surface area contributed by atoms with Gasteiger partial charge in [0.1, 0.15) is 0 Å². The van der Waals surface area contributed by atoms with Crippen molar-refractivity contribution in [1.29, 1.82) is 0 Å². The smallest absolute Gasteiger partial charge is 0.255 e. The first-order chi connectivity index (χ1) is 8.63. The van der Waals surface area contributed by atoms with Crippen LogP contribution in [0.25, 0.3) is 0 Å². The maximum Gasteiger partial charge on any atom is 0.255 e. The summed E-state index contributed by atoms with van der Waals surface area (Å²) in [6.45, 7) is 0.560. The van der Waals surface area contributed by atoms with Crippen LogP contribution in [-0.4, -0.2) is 29.3 Å². The van der Waals surface area contributed by atoms with E-state index in [4.69, 9.17) is 34.8 Å². The van der Waals surface area contributed by atoms with Gasteiger partial charge in [-0.2, -0.15) is 0 Å². The average molecular weight is 307 g/mol. The lowest BCUT2D eigenvalue weighted by molar-refractivity contribution is 0.0598. The van der Waals surface area contributed by atoms with Gasteiger partial charge in [-0.15, -0.1) is 11.6 Å². The van der Waals surface area contributed by atoms with Gasteiger partial charge in [-0.05, 0) is 37.5 Å². The molecule has 0 aliphatic heterocycles. The van der Waals surface area contributed by atoms with E-state index in [1.54, 1.807) is 18.2 Å². The Kier molecular flexibility index (Phi) is 4.77. The van der Waals surface area contributed by atoms with E-state index in [0.717, 1.165) is 12.8 Å². The molecule has 1 aromatic rings. The van der Waals surface area contributed by atoms with Crippen molar-refractivity contribution in [3.63, 3.8) is 0 Å². The lowest BCUT2D eigenvalue weighted by Crippen LogP contribution is -2.45. The summed E-state index contributed by atoms with van der Waals surface area (Å²) >= 11 is 17.7. The van der Waals surface area contributed by atoms with E-state index in [9.17, 15) is 4.79 Å².